The number of piperidine rings is 1. The van der Waals surface area contributed by atoms with Crippen LogP contribution in [0.3, 0.4) is 0 Å². The maximum atomic E-state index is 13.9. The Bertz CT molecular complexity index is 637. The van der Waals surface area contributed by atoms with Gasteiger partial charge in [-0.05, 0) is 76.3 Å². The van der Waals surface area contributed by atoms with Crippen molar-refractivity contribution >= 4 is 11.8 Å². The Morgan fingerprint density at radius 1 is 0.882 bits per heavy atom. The molecule has 2 heterocycles. The molecular formula is C28H51N3O3. The Hall–Kier alpha value is -1.14. The molecule has 3 aliphatic rings. The van der Waals surface area contributed by atoms with Crippen LogP contribution in [0.25, 0.3) is 0 Å². The maximum Gasteiger partial charge on any atom is 0.242 e. The summed E-state index contributed by atoms with van der Waals surface area (Å²) in [4.78, 5) is 29.9. The summed E-state index contributed by atoms with van der Waals surface area (Å²) >= 11 is 0. The molecule has 2 amide bonds. The molecule has 196 valence electrons. The normalized spacial score (nSPS) is 28.8. The fraction of sp³-hybridized carbons (Fsp3) is 0.929. The molecule has 2 aliphatic heterocycles. The number of nitrogens with one attached hydrogen (secondary N) is 2. The summed E-state index contributed by atoms with van der Waals surface area (Å²) < 4.78 is 5.98. The van der Waals surface area contributed by atoms with Gasteiger partial charge in [0.25, 0.3) is 0 Å². The van der Waals surface area contributed by atoms with Crippen molar-refractivity contribution in [2.75, 3.05) is 26.3 Å². The fourth-order valence-electron chi connectivity index (χ4n) is 6.30. The van der Waals surface area contributed by atoms with Gasteiger partial charge in [0.05, 0.1) is 18.1 Å². The van der Waals surface area contributed by atoms with E-state index in [9.17, 15) is 9.59 Å². The van der Waals surface area contributed by atoms with Crippen molar-refractivity contribution in [3.05, 3.63) is 0 Å². The highest BCUT2D eigenvalue weighted by atomic mass is 16.5. The van der Waals surface area contributed by atoms with Crippen LogP contribution in [-0.2, 0) is 14.3 Å². The number of carbonyl (C=O) groups is 2. The van der Waals surface area contributed by atoms with Crippen molar-refractivity contribution in [3.63, 3.8) is 0 Å². The monoisotopic (exact) mass is 477 g/mol. The third-order valence-corrected chi connectivity index (χ3v) is 8.27. The SMILES string of the molecule is CC(C)C[C@H]1COCCCCCC2(CCN(C3CCCC3)CC2)C(=O)N[C@@H](CC(C)C)C(=O)N1. The van der Waals surface area contributed by atoms with E-state index in [0.717, 1.165) is 64.6 Å². The van der Waals surface area contributed by atoms with Crippen LogP contribution < -0.4 is 10.6 Å². The lowest BCUT2D eigenvalue weighted by Gasteiger charge is -2.43. The molecule has 0 aromatic rings. The number of likely N-dealkylation sites (tertiary alicyclic amines) is 1. The van der Waals surface area contributed by atoms with Crippen LogP contribution in [0, 0.1) is 17.3 Å². The standard InChI is InChI=1S/C28H51N3O3/c1-21(2)18-23-20-34-17-9-5-8-12-28(13-15-31(16-14-28)24-10-6-7-11-24)27(33)30-25(19-22(3)4)26(32)29-23/h21-25H,5-20H2,1-4H3,(H,29,32)(H,30,33)/t23-,25-/m0/s1. The molecule has 1 saturated carbocycles. The molecule has 0 bridgehead atoms. The zero-order valence-corrected chi connectivity index (χ0v) is 22.4. The second-order valence-electron chi connectivity index (χ2n) is 12.1. The molecule has 2 atom stereocenters. The molecule has 1 aliphatic carbocycles. The van der Waals surface area contributed by atoms with Gasteiger partial charge >= 0.3 is 0 Å². The van der Waals surface area contributed by atoms with E-state index in [-0.39, 0.29) is 23.3 Å². The van der Waals surface area contributed by atoms with Crippen LogP contribution in [0.2, 0.25) is 0 Å². The van der Waals surface area contributed by atoms with Crippen molar-refractivity contribution in [2.45, 2.75) is 123 Å². The number of hydrogen-bond donors (Lipinski definition) is 2. The Morgan fingerprint density at radius 3 is 2.21 bits per heavy atom. The van der Waals surface area contributed by atoms with Gasteiger partial charge in [-0.3, -0.25) is 9.59 Å². The number of carbonyl (C=O) groups excluding carboxylic acids is 2. The molecule has 1 spiro atoms. The molecule has 3 rings (SSSR count). The molecule has 6 heteroatoms. The zero-order valence-electron chi connectivity index (χ0n) is 22.4. The van der Waals surface area contributed by atoms with Gasteiger partial charge in [0.1, 0.15) is 6.04 Å². The first-order valence-corrected chi connectivity index (χ1v) is 14.2. The molecule has 3 fully saturated rings. The molecule has 34 heavy (non-hydrogen) atoms. The third kappa shape index (κ3) is 7.94. The second-order valence-corrected chi connectivity index (χ2v) is 12.1. The Kier molecular flexibility index (Phi) is 10.7. The fourth-order valence-corrected chi connectivity index (χ4v) is 6.30. The second kappa shape index (κ2) is 13.2. The number of amides is 2. The van der Waals surface area contributed by atoms with Crippen LogP contribution in [0.5, 0.6) is 0 Å². The third-order valence-electron chi connectivity index (χ3n) is 8.27. The largest absolute Gasteiger partial charge is 0.379 e. The number of nitrogens with zero attached hydrogens (tertiary/aromatic N) is 1. The van der Waals surface area contributed by atoms with Crippen LogP contribution >= 0.6 is 0 Å². The molecule has 0 aromatic heterocycles. The summed E-state index contributed by atoms with van der Waals surface area (Å²) in [7, 11) is 0. The van der Waals surface area contributed by atoms with Gasteiger partial charge < -0.3 is 20.3 Å². The number of ether oxygens (including phenoxy) is 1. The van der Waals surface area contributed by atoms with Gasteiger partial charge in [-0.2, -0.15) is 0 Å². The van der Waals surface area contributed by atoms with Gasteiger partial charge in [0.2, 0.25) is 11.8 Å². The first kappa shape index (κ1) is 27.4. The van der Waals surface area contributed by atoms with Crippen molar-refractivity contribution in [2.24, 2.45) is 17.3 Å². The quantitative estimate of drug-likeness (QED) is 0.604. The molecule has 0 radical (unpaired) electrons. The zero-order chi connectivity index (χ0) is 24.6. The van der Waals surface area contributed by atoms with Crippen LogP contribution in [0.15, 0.2) is 0 Å². The molecule has 0 aromatic carbocycles. The van der Waals surface area contributed by atoms with Gasteiger partial charge in [-0.25, -0.2) is 0 Å². The summed E-state index contributed by atoms with van der Waals surface area (Å²) in [6.45, 7) is 11.9. The lowest BCUT2D eigenvalue weighted by atomic mass is 9.73. The Morgan fingerprint density at radius 2 is 1.56 bits per heavy atom. The van der Waals surface area contributed by atoms with Gasteiger partial charge in [0, 0.05) is 12.6 Å². The van der Waals surface area contributed by atoms with Crippen LogP contribution in [0.4, 0.5) is 0 Å². The topological polar surface area (TPSA) is 70.7 Å². The molecule has 2 saturated heterocycles. The van der Waals surface area contributed by atoms with E-state index in [0.29, 0.717) is 30.9 Å². The van der Waals surface area contributed by atoms with Crippen LogP contribution in [0.1, 0.15) is 105 Å². The van der Waals surface area contributed by atoms with E-state index in [4.69, 9.17) is 4.74 Å². The number of hydrogen-bond acceptors (Lipinski definition) is 4. The average molecular weight is 478 g/mol. The highest BCUT2D eigenvalue weighted by molar-refractivity contribution is 5.90. The van der Waals surface area contributed by atoms with Crippen molar-refractivity contribution in [3.8, 4) is 0 Å². The highest BCUT2D eigenvalue weighted by Gasteiger charge is 2.43. The molecular weight excluding hydrogens is 426 g/mol. The first-order chi connectivity index (χ1) is 16.3. The van der Waals surface area contributed by atoms with E-state index in [1.807, 2.05) is 0 Å². The summed E-state index contributed by atoms with van der Waals surface area (Å²) in [6, 6.07) is 0.230. The Balaban J connectivity index is 1.74. The minimum atomic E-state index is -0.477. The van der Waals surface area contributed by atoms with Gasteiger partial charge in [-0.1, -0.05) is 53.4 Å². The van der Waals surface area contributed by atoms with Crippen molar-refractivity contribution in [1.82, 2.24) is 15.5 Å². The van der Waals surface area contributed by atoms with E-state index < -0.39 is 6.04 Å². The predicted molar refractivity (Wildman–Crippen MR) is 138 cm³/mol. The predicted octanol–water partition coefficient (Wildman–Crippen LogP) is 4.66. The van der Waals surface area contributed by atoms with Crippen molar-refractivity contribution < 1.29 is 14.3 Å². The average Bonchev–Trinajstić information content (AvgIpc) is 3.32. The van der Waals surface area contributed by atoms with Crippen LogP contribution in [-0.4, -0.2) is 61.1 Å². The van der Waals surface area contributed by atoms with E-state index in [2.05, 4.69) is 43.2 Å². The van der Waals surface area contributed by atoms with Crippen molar-refractivity contribution in [1.29, 1.82) is 0 Å². The lowest BCUT2D eigenvalue weighted by molar-refractivity contribution is -0.139. The highest BCUT2D eigenvalue weighted by Crippen LogP contribution is 2.39. The summed E-state index contributed by atoms with van der Waals surface area (Å²) in [5.41, 5.74) is -0.340. The van der Waals surface area contributed by atoms with E-state index >= 15 is 0 Å². The van der Waals surface area contributed by atoms with E-state index in [1.165, 1.54) is 25.7 Å². The minimum Gasteiger partial charge on any atom is -0.379 e. The maximum absolute atomic E-state index is 13.9. The molecule has 2 N–H and O–H groups in total. The van der Waals surface area contributed by atoms with E-state index in [1.54, 1.807) is 0 Å². The number of rotatable bonds is 5. The summed E-state index contributed by atoms with van der Waals surface area (Å²) in [6.07, 6.45) is 12.8. The molecule has 0 unspecified atom stereocenters. The van der Waals surface area contributed by atoms with Gasteiger partial charge in [-0.15, -0.1) is 0 Å². The summed E-state index contributed by atoms with van der Waals surface area (Å²) in [5.74, 6) is 0.870. The van der Waals surface area contributed by atoms with Gasteiger partial charge in [0.15, 0.2) is 0 Å². The summed E-state index contributed by atoms with van der Waals surface area (Å²) in [5, 5.41) is 6.49. The molecule has 6 nitrogen and oxygen atoms in total. The first-order valence-electron chi connectivity index (χ1n) is 14.2. The minimum absolute atomic E-state index is 0.00869. The lowest BCUT2D eigenvalue weighted by Crippen LogP contribution is -2.56. The Labute approximate surface area is 208 Å². The smallest absolute Gasteiger partial charge is 0.242 e.